The van der Waals surface area contributed by atoms with Gasteiger partial charge in [-0.2, -0.15) is 26.3 Å². The molecule has 0 aromatic heterocycles. The molecule has 0 fully saturated rings. The predicted octanol–water partition coefficient (Wildman–Crippen LogP) is 6.49. The molecule has 2 nitrogen and oxygen atoms in total. The molecule has 0 saturated heterocycles. The van der Waals surface area contributed by atoms with Crippen LogP contribution in [0.15, 0.2) is 23.2 Å². The second kappa shape index (κ2) is 8.63. The first-order valence-electron chi connectivity index (χ1n) is 8.80. The molecule has 0 radical (unpaired) electrons. The first-order valence-corrected chi connectivity index (χ1v) is 8.80. The van der Waals surface area contributed by atoms with Crippen LogP contribution in [0, 0.1) is 0 Å². The fraction of sp³-hybridized carbons (Fsp3) is 0.632. The van der Waals surface area contributed by atoms with Crippen LogP contribution in [0.1, 0.15) is 64.0 Å². The molecule has 0 aliphatic rings. The van der Waals surface area contributed by atoms with Crippen LogP contribution in [-0.2, 0) is 6.42 Å². The summed E-state index contributed by atoms with van der Waals surface area (Å²) in [7, 11) is 0. The Balaban J connectivity index is 3.44. The van der Waals surface area contributed by atoms with E-state index in [-0.39, 0.29) is 5.92 Å². The first-order chi connectivity index (χ1) is 12.3. The second-order valence-corrected chi connectivity index (χ2v) is 6.79. The predicted molar refractivity (Wildman–Crippen MR) is 93.6 cm³/mol. The van der Waals surface area contributed by atoms with Crippen molar-refractivity contribution in [2.75, 3.05) is 0 Å². The number of benzene rings is 1. The smallest absolute Gasteiger partial charge is 0.373 e. The molecule has 154 valence electrons. The monoisotopic (exact) mass is 397 g/mol. The van der Waals surface area contributed by atoms with Crippen molar-refractivity contribution in [3.05, 3.63) is 29.3 Å². The number of nitrogens with zero attached hydrogens (tertiary/aromatic N) is 1. The van der Waals surface area contributed by atoms with E-state index in [1.807, 2.05) is 26.8 Å². The van der Waals surface area contributed by atoms with Crippen LogP contribution < -0.4 is 0 Å². The lowest BCUT2D eigenvalue weighted by atomic mass is 9.92. The van der Waals surface area contributed by atoms with Gasteiger partial charge in [0.2, 0.25) is 0 Å². The zero-order chi connectivity index (χ0) is 21.0. The standard InChI is InChI=1S/C19H25F6NO/c1-5-8-14-9-7-10-15(12(3)6-2)16(14)26-13(4)11-17(27,18(20,21)22)19(23,24)25/h7,9-10,12,27H,5-6,8,11H2,1-4H3. The maximum Gasteiger partial charge on any atom is 0.426 e. The van der Waals surface area contributed by atoms with Gasteiger partial charge in [0.25, 0.3) is 5.60 Å². The molecule has 0 aliphatic carbocycles. The summed E-state index contributed by atoms with van der Waals surface area (Å²) in [5, 5.41) is 9.40. The average Bonchev–Trinajstić information content (AvgIpc) is 2.53. The summed E-state index contributed by atoms with van der Waals surface area (Å²) in [5.74, 6) is 0.0393. The lowest BCUT2D eigenvalue weighted by molar-refractivity contribution is -0.365. The number of alkyl halides is 6. The third-order valence-electron chi connectivity index (χ3n) is 4.57. The van der Waals surface area contributed by atoms with E-state index in [2.05, 4.69) is 4.99 Å². The highest BCUT2D eigenvalue weighted by Gasteiger charge is 2.70. The highest BCUT2D eigenvalue weighted by molar-refractivity contribution is 5.86. The van der Waals surface area contributed by atoms with Crippen LogP contribution in [0.2, 0.25) is 0 Å². The lowest BCUT2D eigenvalue weighted by Gasteiger charge is -2.32. The zero-order valence-electron chi connectivity index (χ0n) is 15.8. The second-order valence-electron chi connectivity index (χ2n) is 6.79. The number of hydrogen-bond acceptors (Lipinski definition) is 2. The van der Waals surface area contributed by atoms with Crippen molar-refractivity contribution < 1.29 is 31.4 Å². The van der Waals surface area contributed by atoms with Gasteiger partial charge < -0.3 is 5.11 Å². The normalized spacial score (nSPS) is 15.1. The van der Waals surface area contributed by atoms with E-state index < -0.39 is 30.1 Å². The van der Waals surface area contributed by atoms with Crippen LogP contribution in [0.4, 0.5) is 32.0 Å². The number of aryl methyl sites for hydroxylation is 1. The average molecular weight is 397 g/mol. The Bertz CT molecular complexity index is 649. The molecule has 1 rings (SSSR count). The molecule has 0 spiro atoms. The third-order valence-corrected chi connectivity index (χ3v) is 4.57. The van der Waals surface area contributed by atoms with Crippen molar-refractivity contribution in [1.29, 1.82) is 0 Å². The van der Waals surface area contributed by atoms with Gasteiger partial charge >= 0.3 is 12.4 Å². The Hall–Kier alpha value is -1.57. The van der Waals surface area contributed by atoms with Crippen molar-refractivity contribution >= 4 is 11.4 Å². The summed E-state index contributed by atoms with van der Waals surface area (Å²) in [4.78, 5) is 4.12. The minimum atomic E-state index is -5.86. The Morgan fingerprint density at radius 2 is 1.63 bits per heavy atom. The van der Waals surface area contributed by atoms with Crippen LogP contribution in [0.5, 0.6) is 0 Å². The number of para-hydroxylation sites is 1. The van der Waals surface area contributed by atoms with Crippen LogP contribution in [-0.4, -0.2) is 28.8 Å². The summed E-state index contributed by atoms with van der Waals surface area (Å²) >= 11 is 0. The van der Waals surface area contributed by atoms with Crippen LogP contribution in [0.25, 0.3) is 0 Å². The molecule has 27 heavy (non-hydrogen) atoms. The van der Waals surface area contributed by atoms with E-state index in [0.717, 1.165) is 30.9 Å². The van der Waals surface area contributed by atoms with Crippen molar-refractivity contribution in [2.24, 2.45) is 4.99 Å². The SMILES string of the molecule is CCCc1cccc(C(C)CC)c1N=C(C)CC(O)(C(F)(F)F)C(F)(F)F. The Morgan fingerprint density at radius 1 is 1.07 bits per heavy atom. The molecule has 0 bridgehead atoms. The highest BCUT2D eigenvalue weighted by Crippen LogP contribution is 2.45. The molecule has 1 aromatic rings. The summed E-state index contributed by atoms with van der Waals surface area (Å²) in [6, 6.07) is 5.35. The molecule has 0 amide bonds. The fourth-order valence-electron chi connectivity index (χ4n) is 2.80. The lowest BCUT2D eigenvalue weighted by Crippen LogP contribution is -2.57. The van der Waals surface area contributed by atoms with E-state index in [1.54, 1.807) is 12.1 Å². The number of hydrogen-bond donors (Lipinski definition) is 1. The third kappa shape index (κ3) is 5.24. The Morgan fingerprint density at radius 3 is 2.07 bits per heavy atom. The molecular formula is C19H25F6NO. The molecule has 1 aromatic carbocycles. The van der Waals surface area contributed by atoms with Gasteiger partial charge in [0.15, 0.2) is 0 Å². The Kier molecular flexibility index (Phi) is 7.50. The van der Waals surface area contributed by atoms with Crippen molar-refractivity contribution in [3.63, 3.8) is 0 Å². The van der Waals surface area contributed by atoms with E-state index in [1.165, 1.54) is 0 Å². The Labute approximate surface area is 155 Å². The fourth-order valence-corrected chi connectivity index (χ4v) is 2.80. The van der Waals surface area contributed by atoms with Gasteiger partial charge in [-0.1, -0.05) is 45.4 Å². The molecular weight excluding hydrogens is 372 g/mol. The minimum absolute atomic E-state index is 0.0393. The van der Waals surface area contributed by atoms with E-state index >= 15 is 0 Å². The van der Waals surface area contributed by atoms with Gasteiger partial charge in [-0.3, -0.25) is 4.99 Å². The zero-order valence-corrected chi connectivity index (χ0v) is 15.8. The number of aliphatic imine (C=N–C) groups is 1. The number of halogens is 6. The maximum atomic E-state index is 12.9. The molecule has 8 heteroatoms. The summed E-state index contributed by atoms with van der Waals surface area (Å²) < 4.78 is 77.6. The summed E-state index contributed by atoms with van der Waals surface area (Å²) in [6.07, 6.45) is -11.3. The topological polar surface area (TPSA) is 32.6 Å². The van der Waals surface area contributed by atoms with Gasteiger partial charge in [-0.15, -0.1) is 0 Å². The minimum Gasteiger partial charge on any atom is -0.373 e. The van der Waals surface area contributed by atoms with Crippen molar-refractivity contribution in [3.8, 4) is 0 Å². The summed E-state index contributed by atoms with van der Waals surface area (Å²) in [5.41, 5.74) is -3.33. The molecule has 0 aliphatic heterocycles. The first kappa shape index (κ1) is 23.5. The van der Waals surface area contributed by atoms with Gasteiger partial charge in [0.1, 0.15) is 0 Å². The van der Waals surface area contributed by atoms with Crippen molar-refractivity contribution in [1.82, 2.24) is 0 Å². The van der Waals surface area contributed by atoms with E-state index in [0.29, 0.717) is 12.1 Å². The molecule has 0 heterocycles. The van der Waals surface area contributed by atoms with Crippen molar-refractivity contribution in [2.45, 2.75) is 77.2 Å². The highest BCUT2D eigenvalue weighted by atomic mass is 19.4. The van der Waals surface area contributed by atoms with Gasteiger partial charge in [0, 0.05) is 12.1 Å². The van der Waals surface area contributed by atoms with Crippen LogP contribution >= 0.6 is 0 Å². The van der Waals surface area contributed by atoms with E-state index in [4.69, 9.17) is 0 Å². The largest absolute Gasteiger partial charge is 0.426 e. The molecule has 1 atom stereocenters. The molecule has 0 saturated carbocycles. The van der Waals surface area contributed by atoms with Gasteiger partial charge in [-0.05, 0) is 36.8 Å². The quantitative estimate of drug-likeness (QED) is 0.414. The van der Waals surface area contributed by atoms with Gasteiger partial charge in [-0.25, -0.2) is 0 Å². The molecule has 1 unspecified atom stereocenters. The summed E-state index contributed by atoms with van der Waals surface area (Å²) in [6.45, 7) is 6.85. The maximum absolute atomic E-state index is 12.9. The number of rotatable bonds is 7. The molecule has 1 N–H and O–H groups in total. The number of aliphatic hydroxyl groups is 1. The van der Waals surface area contributed by atoms with Crippen LogP contribution in [0.3, 0.4) is 0 Å². The van der Waals surface area contributed by atoms with E-state index in [9.17, 15) is 31.4 Å². The van der Waals surface area contributed by atoms with Gasteiger partial charge in [0.05, 0.1) is 5.69 Å².